The van der Waals surface area contributed by atoms with Crippen molar-refractivity contribution in [1.29, 1.82) is 0 Å². The molecule has 11 heteroatoms. The second kappa shape index (κ2) is 8.22. The number of carbonyl (C=O) groups excluding carboxylic acids is 1. The van der Waals surface area contributed by atoms with Crippen molar-refractivity contribution >= 4 is 28.4 Å². The molecule has 0 saturated heterocycles. The maximum Gasteiger partial charge on any atom is 0.419 e. The van der Waals surface area contributed by atoms with Crippen molar-refractivity contribution in [2.24, 2.45) is 0 Å². The number of carbonyl (C=O) groups is 1. The van der Waals surface area contributed by atoms with E-state index in [2.05, 4.69) is 15.5 Å². The minimum Gasteiger partial charge on any atom is -0.407 e. The summed E-state index contributed by atoms with van der Waals surface area (Å²) in [4.78, 5) is 39.0. The normalized spacial score (nSPS) is 11.0. The maximum atomic E-state index is 12.4. The van der Waals surface area contributed by atoms with E-state index in [0.717, 1.165) is 0 Å². The first-order chi connectivity index (χ1) is 14.9. The molecule has 158 valence electrons. The lowest BCUT2D eigenvalue weighted by Gasteiger charge is -2.09. The number of hydrogen-bond donors (Lipinski definition) is 1. The summed E-state index contributed by atoms with van der Waals surface area (Å²) < 4.78 is 11.4. The Morgan fingerprint density at radius 3 is 2.81 bits per heavy atom. The number of amides is 1. The van der Waals surface area contributed by atoms with E-state index in [9.17, 15) is 19.7 Å². The zero-order valence-electron chi connectivity index (χ0n) is 16.4. The van der Waals surface area contributed by atoms with Crippen LogP contribution in [-0.4, -0.2) is 25.5 Å². The summed E-state index contributed by atoms with van der Waals surface area (Å²) in [6.45, 7) is 1.90. The third-order valence-electron chi connectivity index (χ3n) is 4.62. The number of anilines is 1. The van der Waals surface area contributed by atoms with Crippen LogP contribution in [0, 0.1) is 17.0 Å². The van der Waals surface area contributed by atoms with Crippen LogP contribution in [0.2, 0.25) is 0 Å². The fraction of sp³-hybridized carbons (Fsp3) is 0.200. The SMILES string of the molecule is Cc1nc(-c2ccccc2NC(=O)CCCn2c(=O)oc3cc([N+](=O)[O-])ccc32)no1. The van der Waals surface area contributed by atoms with Crippen LogP contribution in [0.1, 0.15) is 18.7 Å². The number of oxazole rings is 1. The predicted molar refractivity (Wildman–Crippen MR) is 109 cm³/mol. The quantitative estimate of drug-likeness (QED) is 0.352. The van der Waals surface area contributed by atoms with Gasteiger partial charge in [-0.25, -0.2) is 4.79 Å². The molecule has 1 N–H and O–H groups in total. The minimum absolute atomic E-state index is 0.132. The summed E-state index contributed by atoms with van der Waals surface area (Å²) >= 11 is 0. The highest BCUT2D eigenvalue weighted by molar-refractivity contribution is 5.94. The number of nitro benzene ring substituents is 1. The largest absolute Gasteiger partial charge is 0.419 e. The van der Waals surface area contributed by atoms with Gasteiger partial charge in [0, 0.05) is 31.5 Å². The Hall–Kier alpha value is -4.28. The number of rotatable bonds is 7. The number of nitrogens with zero attached hydrogens (tertiary/aromatic N) is 4. The Morgan fingerprint density at radius 2 is 2.06 bits per heavy atom. The van der Waals surface area contributed by atoms with Crippen LogP contribution in [0.25, 0.3) is 22.5 Å². The molecule has 0 radical (unpaired) electrons. The predicted octanol–water partition coefficient (Wildman–Crippen LogP) is 3.28. The maximum absolute atomic E-state index is 12.4. The number of non-ortho nitro benzene ring substituents is 1. The number of aromatic nitrogens is 3. The number of para-hydroxylation sites is 1. The molecular formula is C20H17N5O6. The zero-order chi connectivity index (χ0) is 22.0. The summed E-state index contributed by atoms with van der Waals surface area (Å²) in [7, 11) is 0. The van der Waals surface area contributed by atoms with Crippen LogP contribution in [0.15, 0.2) is 56.2 Å². The molecule has 1 amide bonds. The van der Waals surface area contributed by atoms with E-state index in [1.165, 1.54) is 22.8 Å². The van der Waals surface area contributed by atoms with Gasteiger partial charge in [0.25, 0.3) is 5.69 Å². The Morgan fingerprint density at radius 1 is 1.26 bits per heavy atom. The zero-order valence-corrected chi connectivity index (χ0v) is 16.4. The summed E-state index contributed by atoms with van der Waals surface area (Å²) in [5.74, 6) is -0.0870. The van der Waals surface area contributed by atoms with Crippen LogP contribution in [0.3, 0.4) is 0 Å². The van der Waals surface area contributed by atoms with Gasteiger partial charge in [-0.2, -0.15) is 4.98 Å². The van der Waals surface area contributed by atoms with Gasteiger partial charge in [0.05, 0.1) is 22.2 Å². The topological polar surface area (TPSA) is 146 Å². The standard InChI is InChI=1S/C20H17N5O6/c1-12-21-19(23-31-12)14-5-2-3-6-15(14)22-18(26)7-4-10-24-16-9-8-13(25(28)29)11-17(16)30-20(24)27/h2-3,5-6,8-9,11H,4,7,10H2,1H3,(H,22,26). The van der Waals surface area contributed by atoms with Crippen molar-refractivity contribution in [3.05, 3.63) is 69.0 Å². The first kappa shape index (κ1) is 20.0. The Bertz CT molecular complexity index is 1340. The highest BCUT2D eigenvalue weighted by atomic mass is 16.6. The van der Waals surface area contributed by atoms with E-state index in [4.69, 9.17) is 8.94 Å². The molecule has 0 fully saturated rings. The first-order valence-corrected chi connectivity index (χ1v) is 9.40. The molecule has 2 aromatic heterocycles. The molecule has 0 spiro atoms. The summed E-state index contributed by atoms with van der Waals surface area (Å²) in [6.07, 6.45) is 0.506. The highest BCUT2D eigenvalue weighted by Crippen LogP contribution is 2.25. The number of benzene rings is 2. The molecule has 0 atom stereocenters. The average Bonchev–Trinajstić information content (AvgIpc) is 3.30. The molecule has 0 bridgehead atoms. The van der Waals surface area contributed by atoms with E-state index in [0.29, 0.717) is 34.9 Å². The number of aryl methyl sites for hydroxylation is 2. The lowest BCUT2D eigenvalue weighted by molar-refractivity contribution is -0.384. The first-order valence-electron chi connectivity index (χ1n) is 9.40. The number of nitro groups is 1. The molecule has 0 aliphatic rings. The Kier molecular flexibility index (Phi) is 5.31. The highest BCUT2D eigenvalue weighted by Gasteiger charge is 2.15. The van der Waals surface area contributed by atoms with Crippen LogP contribution in [0.5, 0.6) is 0 Å². The van der Waals surface area contributed by atoms with Gasteiger partial charge < -0.3 is 14.3 Å². The van der Waals surface area contributed by atoms with Gasteiger partial charge in [-0.05, 0) is 24.6 Å². The third kappa shape index (κ3) is 4.20. The van der Waals surface area contributed by atoms with Crippen LogP contribution in [-0.2, 0) is 11.3 Å². The molecule has 0 aliphatic carbocycles. The molecule has 0 aliphatic heterocycles. The molecule has 0 unspecified atom stereocenters. The second-order valence-corrected chi connectivity index (χ2v) is 6.76. The third-order valence-corrected chi connectivity index (χ3v) is 4.62. The Labute approximate surface area is 174 Å². The van der Waals surface area contributed by atoms with Gasteiger partial charge in [-0.15, -0.1) is 0 Å². The lowest BCUT2D eigenvalue weighted by atomic mass is 10.1. The van der Waals surface area contributed by atoms with Gasteiger partial charge in [0.1, 0.15) is 0 Å². The molecule has 2 heterocycles. The average molecular weight is 423 g/mol. The Balaban J connectivity index is 1.42. The van der Waals surface area contributed by atoms with Crippen LogP contribution in [0.4, 0.5) is 11.4 Å². The van der Waals surface area contributed by atoms with E-state index >= 15 is 0 Å². The number of nitrogens with one attached hydrogen (secondary N) is 1. The molecule has 4 rings (SSSR count). The fourth-order valence-corrected chi connectivity index (χ4v) is 3.19. The summed E-state index contributed by atoms with van der Waals surface area (Å²) in [6, 6.07) is 11.1. The van der Waals surface area contributed by atoms with E-state index < -0.39 is 10.7 Å². The molecule has 31 heavy (non-hydrogen) atoms. The molecule has 0 saturated carbocycles. The van der Waals surface area contributed by atoms with Crippen molar-refractivity contribution in [2.75, 3.05) is 5.32 Å². The minimum atomic E-state index is -0.631. The van der Waals surface area contributed by atoms with Crippen molar-refractivity contribution in [3.63, 3.8) is 0 Å². The van der Waals surface area contributed by atoms with E-state index in [1.807, 2.05) is 0 Å². The van der Waals surface area contributed by atoms with Crippen molar-refractivity contribution < 1.29 is 18.7 Å². The smallest absolute Gasteiger partial charge is 0.407 e. The van der Waals surface area contributed by atoms with E-state index in [1.54, 1.807) is 31.2 Å². The van der Waals surface area contributed by atoms with Gasteiger partial charge in [-0.1, -0.05) is 17.3 Å². The van der Waals surface area contributed by atoms with Crippen LogP contribution < -0.4 is 11.1 Å². The van der Waals surface area contributed by atoms with Crippen LogP contribution >= 0.6 is 0 Å². The summed E-state index contributed by atoms with van der Waals surface area (Å²) in [5, 5.41) is 17.6. The van der Waals surface area contributed by atoms with Gasteiger partial charge in [-0.3, -0.25) is 19.5 Å². The summed E-state index contributed by atoms with van der Waals surface area (Å²) in [5.41, 5.74) is 1.59. The molecule has 11 nitrogen and oxygen atoms in total. The second-order valence-electron chi connectivity index (χ2n) is 6.76. The van der Waals surface area contributed by atoms with E-state index in [-0.39, 0.29) is 30.1 Å². The monoisotopic (exact) mass is 423 g/mol. The number of fused-ring (bicyclic) bond motifs is 1. The lowest BCUT2D eigenvalue weighted by Crippen LogP contribution is -2.17. The van der Waals surface area contributed by atoms with Crippen molar-refractivity contribution in [2.45, 2.75) is 26.3 Å². The van der Waals surface area contributed by atoms with Crippen molar-refractivity contribution in [3.8, 4) is 11.4 Å². The fourth-order valence-electron chi connectivity index (χ4n) is 3.19. The van der Waals surface area contributed by atoms with Gasteiger partial charge in [0.15, 0.2) is 5.58 Å². The van der Waals surface area contributed by atoms with Gasteiger partial charge in [0.2, 0.25) is 17.6 Å². The van der Waals surface area contributed by atoms with Gasteiger partial charge >= 0.3 is 5.76 Å². The molecule has 2 aromatic carbocycles. The van der Waals surface area contributed by atoms with Crippen molar-refractivity contribution in [1.82, 2.24) is 14.7 Å². The molecule has 4 aromatic rings. The number of hydrogen-bond acceptors (Lipinski definition) is 8. The molecular weight excluding hydrogens is 406 g/mol.